The summed E-state index contributed by atoms with van der Waals surface area (Å²) in [6, 6.07) is 2.26. The van der Waals surface area contributed by atoms with Crippen LogP contribution >= 0.6 is 0 Å². The normalized spacial score (nSPS) is 44.3. The number of nitriles is 1. The predicted molar refractivity (Wildman–Crippen MR) is 120 cm³/mol. The van der Waals surface area contributed by atoms with Crippen molar-refractivity contribution in [3.05, 3.63) is 11.6 Å². The van der Waals surface area contributed by atoms with Crippen LogP contribution in [0.25, 0.3) is 0 Å². The minimum Gasteiger partial charge on any atom is -0.393 e. The van der Waals surface area contributed by atoms with Crippen molar-refractivity contribution in [1.29, 1.82) is 5.26 Å². The molecule has 3 heteroatoms. The van der Waals surface area contributed by atoms with Gasteiger partial charge in [-0.15, -0.1) is 0 Å². The number of aliphatic hydroxyl groups is 2. The van der Waals surface area contributed by atoms with E-state index in [0.717, 1.165) is 43.4 Å². The van der Waals surface area contributed by atoms with Crippen molar-refractivity contribution in [2.45, 2.75) is 111 Å². The van der Waals surface area contributed by atoms with E-state index in [2.05, 4.69) is 26.0 Å². The lowest BCUT2D eigenvalue weighted by molar-refractivity contribution is -0.0129. The van der Waals surface area contributed by atoms with Gasteiger partial charge in [-0.1, -0.05) is 31.9 Å². The van der Waals surface area contributed by atoms with Gasteiger partial charge in [0.05, 0.1) is 23.7 Å². The van der Waals surface area contributed by atoms with Gasteiger partial charge in [-0.05, 0) is 113 Å². The first-order chi connectivity index (χ1) is 14.1. The third-order valence-corrected chi connectivity index (χ3v) is 10.3. The van der Waals surface area contributed by atoms with Crippen LogP contribution in [0.1, 0.15) is 98.3 Å². The predicted octanol–water partition coefficient (Wildman–Crippen LogP) is 6.01. The lowest BCUT2D eigenvalue weighted by Gasteiger charge is -2.56. The summed E-state index contributed by atoms with van der Waals surface area (Å²) in [5.74, 6) is 2.99. The minimum atomic E-state index is -0.647. The van der Waals surface area contributed by atoms with E-state index in [0.29, 0.717) is 16.7 Å². The Bertz CT molecular complexity index is 721. The number of fused-ring (bicyclic) bond motifs is 5. The summed E-state index contributed by atoms with van der Waals surface area (Å²) in [7, 11) is 0. The van der Waals surface area contributed by atoms with Gasteiger partial charge in [0, 0.05) is 0 Å². The van der Waals surface area contributed by atoms with Crippen molar-refractivity contribution in [3.8, 4) is 6.07 Å². The van der Waals surface area contributed by atoms with Crippen LogP contribution in [0.15, 0.2) is 11.6 Å². The zero-order valence-electron chi connectivity index (χ0n) is 19.7. The molecule has 0 aromatic heterocycles. The second-order valence-electron chi connectivity index (χ2n) is 12.3. The number of hydrogen-bond acceptors (Lipinski definition) is 3. The average Bonchev–Trinajstić information content (AvgIpc) is 3.05. The number of rotatable bonds is 5. The van der Waals surface area contributed by atoms with Crippen LogP contribution < -0.4 is 0 Å². The summed E-state index contributed by atoms with van der Waals surface area (Å²) in [5, 5.41) is 29.9. The fourth-order valence-corrected chi connectivity index (χ4v) is 8.07. The van der Waals surface area contributed by atoms with Gasteiger partial charge >= 0.3 is 0 Å². The molecule has 8 atom stereocenters. The summed E-state index contributed by atoms with van der Waals surface area (Å²) in [6.07, 6.45) is 14.7. The molecule has 3 fully saturated rings. The molecule has 8 unspecified atom stereocenters. The molecule has 0 aromatic rings. The van der Waals surface area contributed by atoms with E-state index in [9.17, 15) is 15.5 Å². The largest absolute Gasteiger partial charge is 0.393 e. The molecule has 3 saturated carbocycles. The Morgan fingerprint density at radius 3 is 2.70 bits per heavy atom. The third-order valence-electron chi connectivity index (χ3n) is 10.3. The van der Waals surface area contributed by atoms with Gasteiger partial charge < -0.3 is 10.2 Å². The third kappa shape index (κ3) is 3.57. The van der Waals surface area contributed by atoms with Gasteiger partial charge in [-0.3, -0.25) is 0 Å². The van der Waals surface area contributed by atoms with Crippen molar-refractivity contribution in [2.75, 3.05) is 0 Å². The molecule has 0 radical (unpaired) electrons. The van der Waals surface area contributed by atoms with Crippen LogP contribution in [-0.4, -0.2) is 22.4 Å². The quantitative estimate of drug-likeness (QED) is 0.543. The zero-order valence-corrected chi connectivity index (χ0v) is 19.7. The molecule has 0 aliphatic heterocycles. The van der Waals surface area contributed by atoms with Crippen molar-refractivity contribution < 1.29 is 10.2 Å². The smallest absolute Gasteiger partial charge is 0.0776 e. The van der Waals surface area contributed by atoms with E-state index < -0.39 is 11.5 Å². The minimum absolute atomic E-state index is 0.0775. The molecule has 168 valence electrons. The fourth-order valence-electron chi connectivity index (χ4n) is 8.07. The van der Waals surface area contributed by atoms with Gasteiger partial charge in [-0.2, -0.15) is 5.26 Å². The Morgan fingerprint density at radius 1 is 1.20 bits per heavy atom. The monoisotopic (exact) mass is 413 g/mol. The summed E-state index contributed by atoms with van der Waals surface area (Å²) in [5.41, 5.74) is 1.85. The second-order valence-corrected chi connectivity index (χ2v) is 12.3. The molecule has 30 heavy (non-hydrogen) atoms. The Balaban J connectivity index is 1.44. The number of allylic oxidation sites excluding steroid dienone is 2. The van der Waals surface area contributed by atoms with Crippen LogP contribution in [0.2, 0.25) is 0 Å². The Morgan fingerprint density at radius 2 is 1.97 bits per heavy atom. The highest BCUT2D eigenvalue weighted by Crippen LogP contribution is 2.65. The second kappa shape index (κ2) is 7.93. The van der Waals surface area contributed by atoms with Crippen LogP contribution in [-0.2, 0) is 0 Å². The van der Waals surface area contributed by atoms with Crippen LogP contribution in [0.4, 0.5) is 0 Å². The van der Waals surface area contributed by atoms with E-state index in [1.165, 1.54) is 44.9 Å². The average molecular weight is 414 g/mol. The van der Waals surface area contributed by atoms with E-state index in [1.54, 1.807) is 5.57 Å². The Kier molecular flexibility index (Phi) is 5.91. The lowest BCUT2D eigenvalue weighted by Crippen LogP contribution is -2.48. The van der Waals surface area contributed by atoms with Crippen LogP contribution in [0, 0.1) is 51.2 Å². The molecular weight excluding hydrogens is 370 g/mol. The van der Waals surface area contributed by atoms with Gasteiger partial charge in [0.1, 0.15) is 0 Å². The first kappa shape index (κ1) is 22.3. The lowest BCUT2D eigenvalue weighted by atomic mass is 9.48. The zero-order chi connectivity index (χ0) is 21.7. The maximum atomic E-state index is 10.4. The first-order valence-electron chi connectivity index (χ1n) is 12.6. The summed E-state index contributed by atoms with van der Waals surface area (Å²) in [4.78, 5) is 0. The molecule has 4 aliphatic carbocycles. The number of hydrogen-bond donors (Lipinski definition) is 2. The first-order valence-corrected chi connectivity index (χ1v) is 12.6. The van der Waals surface area contributed by atoms with Gasteiger partial charge in [0.2, 0.25) is 0 Å². The molecule has 0 bridgehead atoms. The van der Waals surface area contributed by atoms with E-state index in [4.69, 9.17) is 0 Å². The molecule has 0 aromatic carbocycles. The SMILES string of the molecule is CC(C)(C#N)C(O)CCCC1CCC2C3CCC4CC(O)CCC4(C)C3=CCC12C. The highest BCUT2D eigenvalue weighted by atomic mass is 16.3. The van der Waals surface area contributed by atoms with Gasteiger partial charge in [-0.25, -0.2) is 0 Å². The number of aliphatic hydroxyl groups excluding tert-OH is 2. The molecule has 4 aliphatic rings. The summed E-state index contributed by atoms with van der Waals surface area (Å²) in [6.45, 7) is 8.75. The highest BCUT2D eigenvalue weighted by molar-refractivity contribution is 5.28. The molecule has 4 rings (SSSR count). The van der Waals surface area contributed by atoms with E-state index >= 15 is 0 Å². The van der Waals surface area contributed by atoms with Crippen molar-refractivity contribution in [2.24, 2.45) is 39.9 Å². The summed E-state index contributed by atoms with van der Waals surface area (Å²) >= 11 is 0. The molecule has 0 saturated heterocycles. The van der Waals surface area contributed by atoms with E-state index in [-0.39, 0.29) is 6.10 Å². The fraction of sp³-hybridized carbons (Fsp3) is 0.889. The molecular formula is C27H43NO2. The molecule has 0 amide bonds. The standard InChI is InChI=1S/C27H43NO2/c1-25(2,17-28)24(30)7-5-6-18-9-11-22-21-10-8-19-16-20(29)12-14-27(19,4)23(21)13-15-26(18,22)3/h13,18-22,24,29-30H,5-12,14-16H2,1-4H3. The van der Waals surface area contributed by atoms with E-state index in [1.807, 2.05) is 13.8 Å². The molecule has 0 heterocycles. The van der Waals surface area contributed by atoms with Gasteiger partial charge in [0.15, 0.2) is 0 Å². The van der Waals surface area contributed by atoms with Crippen LogP contribution in [0.3, 0.4) is 0 Å². The van der Waals surface area contributed by atoms with Crippen molar-refractivity contribution in [3.63, 3.8) is 0 Å². The Labute approximate surface area is 183 Å². The molecule has 0 spiro atoms. The highest BCUT2D eigenvalue weighted by Gasteiger charge is 2.56. The van der Waals surface area contributed by atoms with Crippen molar-refractivity contribution in [1.82, 2.24) is 0 Å². The van der Waals surface area contributed by atoms with Gasteiger partial charge in [0.25, 0.3) is 0 Å². The maximum absolute atomic E-state index is 10.4. The Hall–Kier alpha value is -0.850. The summed E-state index contributed by atoms with van der Waals surface area (Å²) < 4.78 is 0. The number of nitrogens with zero attached hydrogens (tertiary/aromatic N) is 1. The topological polar surface area (TPSA) is 64.2 Å². The van der Waals surface area contributed by atoms with Crippen LogP contribution in [0.5, 0.6) is 0 Å². The maximum Gasteiger partial charge on any atom is 0.0776 e. The van der Waals surface area contributed by atoms with Crippen molar-refractivity contribution >= 4 is 0 Å². The molecule has 2 N–H and O–H groups in total. The molecule has 3 nitrogen and oxygen atoms in total.